The summed E-state index contributed by atoms with van der Waals surface area (Å²) in [5.41, 5.74) is -0.977. The van der Waals surface area contributed by atoms with Gasteiger partial charge in [0, 0.05) is 6.07 Å². The predicted molar refractivity (Wildman–Crippen MR) is 50.9 cm³/mol. The number of aryl methyl sites for hydroxylation is 1. The van der Waals surface area contributed by atoms with E-state index in [0.717, 1.165) is 0 Å². The Morgan fingerprint density at radius 2 is 1.59 bits per heavy atom. The van der Waals surface area contributed by atoms with E-state index in [1.165, 1.54) is 6.92 Å². The number of hydrogen-bond acceptors (Lipinski definition) is 2. The Morgan fingerprint density at radius 3 is 2.00 bits per heavy atom. The molecule has 1 heterocycles. The fourth-order valence-corrected chi connectivity index (χ4v) is 1.59. The van der Waals surface area contributed by atoms with Gasteiger partial charge in [-0.15, -0.1) is 10.2 Å². The van der Waals surface area contributed by atoms with Gasteiger partial charge in [0.1, 0.15) is 11.5 Å². The van der Waals surface area contributed by atoms with E-state index in [2.05, 4.69) is 10.2 Å². The van der Waals surface area contributed by atoms with Gasteiger partial charge in [0.05, 0.1) is 0 Å². The van der Waals surface area contributed by atoms with Crippen LogP contribution in [0.25, 0.3) is 5.69 Å². The second-order valence-electron chi connectivity index (χ2n) is 3.17. The maximum Gasteiger partial charge on any atom is 0.229 e. The minimum Gasteiger partial charge on any atom is -0.264 e. The molecule has 3 nitrogen and oxygen atoms in total. The predicted octanol–water partition coefficient (Wildman–Crippen LogP) is 2.79. The zero-order valence-electron chi connectivity index (χ0n) is 8.31. The monoisotopic (exact) mass is 265 g/mol. The van der Waals surface area contributed by atoms with Gasteiger partial charge in [-0.3, -0.25) is 4.57 Å². The summed E-state index contributed by atoms with van der Waals surface area (Å²) in [7, 11) is 0. The molecule has 0 saturated heterocycles. The molecule has 0 bridgehead atoms. The molecule has 0 N–H and O–H groups in total. The minimum atomic E-state index is -1.56. The SMILES string of the molecule is Cc1nnc(Cl)n1-c1c(F)c(F)cc(F)c1F. The van der Waals surface area contributed by atoms with E-state index in [9.17, 15) is 17.6 Å². The van der Waals surface area contributed by atoms with E-state index in [0.29, 0.717) is 4.57 Å². The normalized spacial score (nSPS) is 10.9. The topological polar surface area (TPSA) is 30.7 Å². The highest BCUT2D eigenvalue weighted by molar-refractivity contribution is 6.28. The fourth-order valence-electron chi connectivity index (χ4n) is 1.35. The number of halogens is 5. The van der Waals surface area contributed by atoms with Crippen molar-refractivity contribution < 1.29 is 17.6 Å². The molecule has 0 spiro atoms. The number of benzene rings is 1. The molecular weight excluding hydrogens is 262 g/mol. The first-order chi connectivity index (χ1) is 7.93. The van der Waals surface area contributed by atoms with Gasteiger partial charge in [-0.1, -0.05) is 0 Å². The third-order valence-electron chi connectivity index (χ3n) is 2.10. The van der Waals surface area contributed by atoms with Gasteiger partial charge >= 0.3 is 0 Å². The van der Waals surface area contributed by atoms with Crippen molar-refractivity contribution in [1.82, 2.24) is 14.8 Å². The van der Waals surface area contributed by atoms with E-state index in [-0.39, 0.29) is 11.9 Å². The molecule has 2 aromatic rings. The zero-order chi connectivity index (χ0) is 12.7. The molecule has 0 saturated carbocycles. The summed E-state index contributed by atoms with van der Waals surface area (Å²) in [4.78, 5) is 0. The fraction of sp³-hybridized carbons (Fsp3) is 0.111. The van der Waals surface area contributed by atoms with Crippen LogP contribution in [-0.2, 0) is 0 Å². The number of aromatic nitrogens is 3. The molecule has 1 aromatic carbocycles. The van der Waals surface area contributed by atoms with Crippen LogP contribution in [0, 0.1) is 30.2 Å². The lowest BCUT2D eigenvalue weighted by molar-refractivity contribution is 0.447. The summed E-state index contributed by atoms with van der Waals surface area (Å²) in [6.45, 7) is 1.33. The van der Waals surface area contributed by atoms with Crippen LogP contribution in [-0.4, -0.2) is 14.8 Å². The van der Waals surface area contributed by atoms with Crippen molar-refractivity contribution in [3.63, 3.8) is 0 Å². The van der Waals surface area contributed by atoms with Crippen molar-refractivity contribution >= 4 is 11.6 Å². The van der Waals surface area contributed by atoms with Crippen LogP contribution in [0.3, 0.4) is 0 Å². The van der Waals surface area contributed by atoms with E-state index in [4.69, 9.17) is 11.6 Å². The molecule has 1 aromatic heterocycles. The largest absolute Gasteiger partial charge is 0.264 e. The molecule has 90 valence electrons. The highest BCUT2D eigenvalue weighted by Gasteiger charge is 2.23. The third-order valence-corrected chi connectivity index (χ3v) is 2.34. The van der Waals surface area contributed by atoms with Gasteiger partial charge in [-0.25, -0.2) is 17.6 Å². The van der Waals surface area contributed by atoms with Crippen LogP contribution in [0.15, 0.2) is 6.07 Å². The first kappa shape index (κ1) is 11.8. The standard InChI is InChI=1S/C9H4ClF4N3/c1-3-15-16-9(10)17(3)8-6(13)4(11)2-5(12)7(8)14/h2H,1H3. The molecule has 0 amide bonds. The lowest BCUT2D eigenvalue weighted by atomic mass is 10.2. The lowest BCUT2D eigenvalue weighted by Crippen LogP contribution is -2.08. The van der Waals surface area contributed by atoms with Crippen LogP contribution in [0.5, 0.6) is 0 Å². The number of rotatable bonds is 1. The van der Waals surface area contributed by atoms with Gasteiger partial charge in [0.25, 0.3) is 0 Å². The summed E-state index contributed by atoms with van der Waals surface area (Å²) in [6, 6.07) is 0.113. The first-order valence-corrected chi connectivity index (χ1v) is 4.72. The van der Waals surface area contributed by atoms with E-state index in [1.54, 1.807) is 0 Å². The smallest absolute Gasteiger partial charge is 0.229 e. The summed E-state index contributed by atoms with van der Waals surface area (Å²) in [6.07, 6.45) is 0. The van der Waals surface area contributed by atoms with Crippen LogP contribution in [0.2, 0.25) is 5.28 Å². The Bertz CT molecular complexity index is 551. The average Bonchev–Trinajstić information content (AvgIpc) is 2.58. The molecule has 0 unspecified atom stereocenters. The Morgan fingerprint density at radius 1 is 1.06 bits per heavy atom. The molecule has 0 aliphatic carbocycles. The second-order valence-corrected chi connectivity index (χ2v) is 3.51. The number of nitrogens with zero attached hydrogens (tertiary/aromatic N) is 3. The van der Waals surface area contributed by atoms with Crippen LogP contribution < -0.4 is 0 Å². The summed E-state index contributed by atoms with van der Waals surface area (Å²) in [5, 5.41) is 6.37. The van der Waals surface area contributed by atoms with Gasteiger partial charge in [0.2, 0.25) is 5.28 Å². The lowest BCUT2D eigenvalue weighted by Gasteiger charge is -2.09. The quantitative estimate of drug-likeness (QED) is 0.586. The van der Waals surface area contributed by atoms with Crippen molar-refractivity contribution in [3.05, 3.63) is 40.4 Å². The highest BCUT2D eigenvalue weighted by Crippen LogP contribution is 2.26. The van der Waals surface area contributed by atoms with Crippen molar-refractivity contribution in [2.24, 2.45) is 0 Å². The Kier molecular flexibility index (Phi) is 2.78. The Hall–Kier alpha value is -1.63. The van der Waals surface area contributed by atoms with Gasteiger partial charge in [0.15, 0.2) is 23.3 Å². The van der Waals surface area contributed by atoms with Gasteiger partial charge in [-0.2, -0.15) is 0 Å². The highest BCUT2D eigenvalue weighted by atomic mass is 35.5. The molecular formula is C9H4ClF4N3. The first-order valence-electron chi connectivity index (χ1n) is 4.34. The average molecular weight is 266 g/mol. The minimum absolute atomic E-state index is 0.00204. The van der Waals surface area contributed by atoms with E-state index < -0.39 is 34.2 Å². The molecule has 2 rings (SSSR count). The molecule has 0 fully saturated rings. The van der Waals surface area contributed by atoms with E-state index >= 15 is 0 Å². The molecule has 0 aliphatic rings. The van der Waals surface area contributed by atoms with E-state index in [1.807, 2.05) is 0 Å². The Labute approximate surface area is 97.6 Å². The van der Waals surface area contributed by atoms with Crippen LogP contribution >= 0.6 is 11.6 Å². The Balaban J connectivity index is 2.84. The van der Waals surface area contributed by atoms with Crippen LogP contribution in [0.4, 0.5) is 17.6 Å². The van der Waals surface area contributed by atoms with Crippen molar-refractivity contribution in [2.75, 3.05) is 0 Å². The molecule has 0 aliphatic heterocycles. The summed E-state index contributed by atoms with van der Waals surface area (Å²) in [5.74, 6) is -6.17. The molecule has 0 radical (unpaired) electrons. The number of hydrogen-bond donors (Lipinski definition) is 0. The maximum atomic E-state index is 13.4. The summed E-state index contributed by atoms with van der Waals surface area (Å²) < 4.78 is 53.6. The van der Waals surface area contributed by atoms with Crippen molar-refractivity contribution in [2.45, 2.75) is 6.92 Å². The molecule has 0 atom stereocenters. The van der Waals surface area contributed by atoms with Gasteiger partial charge in [-0.05, 0) is 18.5 Å². The van der Waals surface area contributed by atoms with Gasteiger partial charge < -0.3 is 0 Å². The van der Waals surface area contributed by atoms with Crippen LogP contribution in [0.1, 0.15) is 5.82 Å². The second kappa shape index (κ2) is 3.99. The van der Waals surface area contributed by atoms with Crippen molar-refractivity contribution in [3.8, 4) is 5.69 Å². The molecule has 8 heteroatoms. The zero-order valence-corrected chi connectivity index (χ0v) is 9.06. The summed E-state index contributed by atoms with van der Waals surface area (Å²) >= 11 is 5.54. The molecule has 17 heavy (non-hydrogen) atoms. The van der Waals surface area contributed by atoms with Crippen molar-refractivity contribution in [1.29, 1.82) is 0 Å². The maximum absolute atomic E-state index is 13.4. The third kappa shape index (κ3) is 1.76.